The molecule has 0 aromatic carbocycles. The second kappa shape index (κ2) is 10.1. The Morgan fingerprint density at radius 3 is 2.81 bits per heavy atom. The SMILES string of the molecule is CCOP(=O)(CNC(=O)OC[C@@H]1O[C@H](n2ccc(N)nc2=O)CS1)OCC. The van der Waals surface area contributed by atoms with E-state index in [1.54, 1.807) is 13.8 Å². The number of hydrogen-bond donors (Lipinski definition) is 2. The van der Waals surface area contributed by atoms with E-state index < -0.39 is 31.0 Å². The maximum atomic E-state index is 12.2. The summed E-state index contributed by atoms with van der Waals surface area (Å²) in [6.45, 7) is 3.70. The molecule has 11 nitrogen and oxygen atoms in total. The normalized spacial score (nSPS) is 19.8. The number of carbonyl (C=O) groups excluding carboxylic acids is 1. The van der Waals surface area contributed by atoms with E-state index in [9.17, 15) is 14.2 Å². The highest BCUT2D eigenvalue weighted by atomic mass is 32.2. The Morgan fingerprint density at radius 1 is 1.48 bits per heavy atom. The molecule has 0 aliphatic carbocycles. The highest BCUT2D eigenvalue weighted by Crippen LogP contribution is 2.46. The van der Waals surface area contributed by atoms with Gasteiger partial charge in [-0.1, -0.05) is 0 Å². The summed E-state index contributed by atoms with van der Waals surface area (Å²) in [5.41, 5.74) is 4.50. The Morgan fingerprint density at radius 2 is 2.19 bits per heavy atom. The quantitative estimate of drug-likeness (QED) is 0.560. The minimum atomic E-state index is -3.39. The molecule has 13 heteroatoms. The lowest BCUT2D eigenvalue weighted by molar-refractivity contribution is -0.0104. The molecule has 1 fully saturated rings. The Hall–Kier alpha value is -1.59. The molecule has 2 atom stereocenters. The van der Waals surface area contributed by atoms with Gasteiger partial charge in [0.15, 0.2) is 0 Å². The predicted octanol–water partition coefficient (Wildman–Crippen LogP) is 1.36. The lowest BCUT2D eigenvalue weighted by Crippen LogP contribution is -2.30. The van der Waals surface area contributed by atoms with Crippen LogP contribution in [-0.2, 0) is 23.1 Å². The summed E-state index contributed by atoms with van der Waals surface area (Å²) in [6.07, 6.45) is -0.0800. The van der Waals surface area contributed by atoms with Crippen molar-refractivity contribution in [1.82, 2.24) is 14.9 Å². The maximum absolute atomic E-state index is 12.2. The molecule has 2 heterocycles. The summed E-state index contributed by atoms with van der Waals surface area (Å²) in [6, 6.07) is 1.50. The lowest BCUT2D eigenvalue weighted by Gasteiger charge is -2.18. The van der Waals surface area contributed by atoms with E-state index in [4.69, 9.17) is 24.3 Å². The molecule has 1 saturated heterocycles. The predicted molar refractivity (Wildman–Crippen MR) is 99.5 cm³/mol. The van der Waals surface area contributed by atoms with Crippen molar-refractivity contribution in [2.24, 2.45) is 0 Å². The van der Waals surface area contributed by atoms with E-state index >= 15 is 0 Å². The topological polar surface area (TPSA) is 144 Å². The third-order valence-corrected chi connectivity index (χ3v) is 6.26. The van der Waals surface area contributed by atoms with Gasteiger partial charge >= 0.3 is 19.4 Å². The van der Waals surface area contributed by atoms with Gasteiger partial charge in [0, 0.05) is 11.9 Å². The van der Waals surface area contributed by atoms with Gasteiger partial charge in [0.1, 0.15) is 30.4 Å². The minimum Gasteiger partial charge on any atom is -0.446 e. The van der Waals surface area contributed by atoms with Gasteiger partial charge in [0.2, 0.25) is 0 Å². The van der Waals surface area contributed by atoms with Gasteiger partial charge in [-0.2, -0.15) is 4.98 Å². The highest BCUT2D eigenvalue weighted by Gasteiger charge is 2.30. The first-order valence-electron chi connectivity index (χ1n) is 8.27. The molecule has 1 aliphatic rings. The zero-order valence-electron chi connectivity index (χ0n) is 15.0. The number of nitrogens with two attached hydrogens (primary N) is 1. The van der Waals surface area contributed by atoms with Crippen molar-refractivity contribution in [3.05, 3.63) is 22.7 Å². The molecule has 152 valence electrons. The number of thioether (sulfide) groups is 1. The second-order valence-corrected chi connectivity index (χ2v) is 8.52. The number of rotatable bonds is 9. The summed E-state index contributed by atoms with van der Waals surface area (Å²) in [4.78, 5) is 27.3. The summed E-state index contributed by atoms with van der Waals surface area (Å²) >= 11 is 1.39. The summed E-state index contributed by atoms with van der Waals surface area (Å²) in [7, 11) is -3.39. The van der Waals surface area contributed by atoms with Crippen molar-refractivity contribution in [1.29, 1.82) is 0 Å². The Labute approximate surface area is 160 Å². The number of carbonyl (C=O) groups is 1. The first kappa shape index (κ1) is 21.7. The zero-order valence-corrected chi connectivity index (χ0v) is 16.7. The lowest BCUT2D eigenvalue weighted by atomic mass is 10.5. The van der Waals surface area contributed by atoms with Crippen molar-refractivity contribution in [2.75, 3.05) is 37.6 Å². The molecule has 0 bridgehead atoms. The van der Waals surface area contributed by atoms with Crippen LogP contribution in [-0.4, -0.2) is 52.9 Å². The standard InChI is InChI=1S/C14H23N4O7PS/c1-3-23-26(21,24-4-2)9-16-14(20)22-7-12-25-11(8-27-12)18-6-5-10(15)17-13(18)19/h5-6,11-12H,3-4,7-9H2,1-2H3,(H,16,20)(H2,15,17,19)/t11-,12+/m0/s1. The van der Waals surface area contributed by atoms with E-state index in [2.05, 4.69) is 10.3 Å². The smallest absolute Gasteiger partial charge is 0.407 e. The van der Waals surface area contributed by atoms with Crippen molar-refractivity contribution in [2.45, 2.75) is 25.5 Å². The molecular weight excluding hydrogens is 399 g/mol. The molecule has 1 aromatic heterocycles. The van der Waals surface area contributed by atoms with Crippen LogP contribution >= 0.6 is 19.4 Å². The number of nitrogens with one attached hydrogen (secondary N) is 1. The van der Waals surface area contributed by atoms with Gasteiger partial charge in [-0.3, -0.25) is 9.13 Å². The number of anilines is 1. The summed E-state index contributed by atoms with van der Waals surface area (Å²) in [5.74, 6) is 0.625. The Balaban J connectivity index is 1.78. The van der Waals surface area contributed by atoms with Gasteiger partial charge < -0.3 is 29.6 Å². The second-order valence-electron chi connectivity index (χ2n) is 5.28. The third kappa shape index (κ3) is 6.51. The number of hydrogen-bond acceptors (Lipinski definition) is 10. The van der Waals surface area contributed by atoms with Crippen molar-refractivity contribution >= 4 is 31.3 Å². The average molecular weight is 422 g/mol. The number of aromatic nitrogens is 2. The van der Waals surface area contributed by atoms with E-state index in [1.807, 2.05) is 0 Å². The van der Waals surface area contributed by atoms with Crippen LogP contribution in [0.25, 0.3) is 0 Å². The Bertz CT molecular complexity index is 736. The van der Waals surface area contributed by atoms with Crippen molar-refractivity contribution in [3.63, 3.8) is 0 Å². The Kier molecular flexibility index (Phi) is 8.11. The monoisotopic (exact) mass is 422 g/mol. The molecule has 0 radical (unpaired) electrons. The third-order valence-electron chi connectivity index (χ3n) is 3.31. The largest absolute Gasteiger partial charge is 0.446 e. The number of nitrogen functional groups attached to an aromatic ring is 1. The van der Waals surface area contributed by atoms with Crippen LogP contribution in [0.1, 0.15) is 20.1 Å². The fourth-order valence-corrected chi connectivity index (χ4v) is 4.56. The van der Waals surface area contributed by atoms with Crippen molar-refractivity contribution < 1.29 is 27.9 Å². The average Bonchev–Trinajstić information content (AvgIpc) is 3.07. The highest BCUT2D eigenvalue weighted by molar-refractivity contribution is 8.00. The van der Waals surface area contributed by atoms with Gasteiger partial charge in [0.05, 0.1) is 13.2 Å². The van der Waals surface area contributed by atoms with Gasteiger partial charge in [-0.05, 0) is 19.9 Å². The van der Waals surface area contributed by atoms with E-state index in [0.717, 1.165) is 0 Å². The number of alkyl carbamates (subject to hydrolysis) is 1. The number of amides is 1. The van der Waals surface area contributed by atoms with Crippen LogP contribution in [0.15, 0.2) is 17.1 Å². The first-order valence-corrected chi connectivity index (χ1v) is 11.0. The van der Waals surface area contributed by atoms with Crippen LogP contribution in [0.2, 0.25) is 0 Å². The van der Waals surface area contributed by atoms with Crippen LogP contribution in [0, 0.1) is 0 Å². The molecule has 0 unspecified atom stereocenters. The van der Waals surface area contributed by atoms with Crippen LogP contribution in [0.3, 0.4) is 0 Å². The molecule has 0 spiro atoms. The van der Waals surface area contributed by atoms with Gasteiger partial charge in [-0.15, -0.1) is 11.8 Å². The molecule has 0 saturated carbocycles. The van der Waals surface area contributed by atoms with E-state index in [1.165, 1.54) is 28.6 Å². The molecule has 1 aromatic rings. The van der Waals surface area contributed by atoms with Crippen LogP contribution in [0.5, 0.6) is 0 Å². The molecular formula is C14H23N4O7PS. The van der Waals surface area contributed by atoms with Gasteiger partial charge in [0.25, 0.3) is 0 Å². The van der Waals surface area contributed by atoms with Crippen LogP contribution < -0.4 is 16.7 Å². The van der Waals surface area contributed by atoms with E-state index in [-0.39, 0.29) is 31.9 Å². The molecule has 27 heavy (non-hydrogen) atoms. The van der Waals surface area contributed by atoms with E-state index in [0.29, 0.717) is 5.75 Å². The molecule has 1 amide bonds. The summed E-state index contributed by atoms with van der Waals surface area (Å²) < 4.78 is 34.4. The fourth-order valence-electron chi connectivity index (χ4n) is 2.20. The fraction of sp³-hybridized carbons (Fsp3) is 0.643. The number of ether oxygens (including phenoxy) is 2. The van der Waals surface area contributed by atoms with Gasteiger partial charge in [-0.25, -0.2) is 9.59 Å². The minimum absolute atomic E-state index is 0.0439. The molecule has 3 N–H and O–H groups in total. The number of nitrogens with zero attached hydrogens (tertiary/aromatic N) is 2. The first-order chi connectivity index (χ1) is 12.9. The molecule has 1 aliphatic heterocycles. The summed E-state index contributed by atoms with van der Waals surface area (Å²) in [5, 5.41) is 2.36. The zero-order chi connectivity index (χ0) is 19.9. The van der Waals surface area contributed by atoms with Crippen LogP contribution in [0.4, 0.5) is 10.6 Å². The maximum Gasteiger partial charge on any atom is 0.407 e. The molecule has 2 rings (SSSR count). The van der Waals surface area contributed by atoms with Crippen molar-refractivity contribution in [3.8, 4) is 0 Å².